The molecule has 3 rings (SSSR count). The topological polar surface area (TPSA) is 69.8 Å². The number of imidazole rings is 1. The molecule has 2 aromatic carbocycles. The second-order valence-corrected chi connectivity index (χ2v) is 7.41. The first-order valence-electron chi connectivity index (χ1n) is 8.82. The van der Waals surface area contributed by atoms with E-state index in [0.717, 1.165) is 41.2 Å². The Morgan fingerprint density at radius 3 is 2.77 bits per heavy atom. The van der Waals surface area contributed by atoms with Crippen molar-refractivity contribution in [3.05, 3.63) is 59.9 Å². The van der Waals surface area contributed by atoms with Crippen LogP contribution < -0.4 is 10.6 Å². The highest BCUT2D eigenvalue weighted by Crippen LogP contribution is 2.28. The van der Waals surface area contributed by atoms with Crippen molar-refractivity contribution in [2.24, 2.45) is 0 Å². The molecule has 0 aliphatic carbocycles. The number of nitrogens with one attached hydrogen (secondary N) is 3. The van der Waals surface area contributed by atoms with E-state index in [1.807, 2.05) is 48.5 Å². The second kappa shape index (κ2) is 8.87. The lowest BCUT2D eigenvalue weighted by atomic mass is 10.1. The molecule has 1 amide bonds. The van der Waals surface area contributed by atoms with Crippen LogP contribution in [0.3, 0.4) is 0 Å². The fourth-order valence-corrected chi connectivity index (χ4v) is 3.43. The van der Waals surface area contributed by atoms with Crippen LogP contribution in [0.15, 0.2) is 48.5 Å². The van der Waals surface area contributed by atoms with Gasteiger partial charge in [0.25, 0.3) is 0 Å². The van der Waals surface area contributed by atoms with Gasteiger partial charge in [0, 0.05) is 12.2 Å². The Kier molecular flexibility index (Phi) is 6.30. The van der Waals surface area contributed by atoms with Gasteiger partial charge in [-0.2, -0.15) is 0 Å². The first-order valence-corrected chi connectivity index (χ1v) is 9.87. The molecule has 0 aliphatic rings. The first-order chi connectivity index (χ1) is 12.7. The monoisotopic (exact) mass is 368 g/mol. The number of thioether (sulfide) groups is 1. The van der Waals surface area contributed by atoms with Gasteiger partial charge in [0.05, 0.1) is 22.0 Å². The number of carbonyl (C=O) groups excluding carboxylic acids is 1. The molecule has 0 spiro atoms. The van der Waals surface area contributed by atoms with Crippen LogP contribution in [-0.2, 0) is 11.3 Å². The minimum Gasteiger partial charge on any atom is -0.341 e. The van der Waals surface area contributed by atoms with Crippen LogP contribution in [-0.4, -0.2) is 28.2 Å². The van der Waals surface area contributed by atoms with Crippen LogP contribution in [0.2, 0.25) is 0 Å². The maximum atomic E-state index is 12.4. The first kappa shape index (κ1) is 18.5. The standard InChI is InChI=1S/C20H24N4OS/c1-3-21-12-15-8-4-5-9-16(15)22-19(25)13-26-14(2)20-23-17-10-6-7-11-18(17)24-20/h4-11,14,21H,3,12-13H2,1-2H3,(H,22,25)(H,23,24). The van der Waals surface area contributed by atoms with Crippen LogP contribution in [0.1, 0.15) is 30.5 Å². The van der Waals surface area contributed by atoms with E-state index in [2.05, 4.69) is 34.4 Å². The molecule has 1 aromatic heterocycles. The van der Waals surface area contributed by atoms with Crippen LogP contribution in [0.5, 0.6) is 0 Å². The van der Waals surface area contributed by atoms with Crippen molar-refractivity contribution in [3.8, 4) is 0 Å². The summed E-state index contributed by atoms with van der Waals surface area (Å²) in [6.45, 7) is 5.77. The van der Waals surface area contributed by atoms with Crippen LogP contribution in [0.25, 0.3) is 11.0 Å². The van der Waals surface area contributed by atoms with Gasteiger partial charge < -0.3 is 15.6 Å². The number of aromatic nitrogens is 2. The fraction of sp³-hybridized carbons (Fsp3) is 0.300. The van der Waals surface area contributed by atoms with Gasteiger partial charge in [-0.25, -0.2) is 4.98 Å². The molecule has 0 saturated heterocycles. The Morgan fingerprint density at radius 2 is 1.96 bits per heavy atom. The number of aromatic amines is 1. The molecular formula is C20H24N4OS. The maximum absolute atomic E-state index is 12.4. The lowest BCUT2D eigenvalue weighted by Crippen LogP contribution is -2.18. The van der Waals surface area contributed by atoms with Gasteiger partial charge in [-0.05, 0) is 37.2 Å². The summed E-state index contributed by atoms with van der Waals surface area (Å²) in [6, 6.07) is 15.9. The summed E-state index contributed by atoms with van der Waals surface area (Å²) < 4.78 is 0. The number of fused-ring (bicyclic) bond motifs is 1. The zero-order chi connectivity index (χ0) is 18.4. The number of carbonyl (C=O) groups is 1. The van der Waals surface area contributed by atoms with Crippen molar-refractivity contribution in [1.82, 2.24) is 15.3 Å². The van der Waals surface area contributed by atoms with Gasteiger partial charge in [0.1, 0.15) is 5.82 Å². The number of benzene rings is 2. The molecule has 1 heterocycles. The third-order valence-electron chi connectivity index (χ3n) is 4.11. The Bertz CT molecular complexity index is 844. The third-order valence-corrected chi connectivity index (χ3v) is 5.27. The number of nitrogens with zero attached hydrogens (tertiary/aromatic N) is 1. The molecule has 1 atom stereocenters. The summed E-state index contributed by atoms with van der Waals surface area (Å²) in [5.74, 6) is 1.28. The van der Waals surface area contributed by atoms with E-state index >= 15 is 0 Å². The number of para-hydroxylation sites is 3. The SMILES string of the molecule is CCNCc1ccccc1NC(=O)CSC(C)c1nc2ccccc2[nH]1. The number of hydrogen-bond donors (Lipinski definition) is 3. The molecule has 3 aromatic rings. The highest BCUT2D eigenvalue weighted by atomic mass is 32.2. The van der Waals surface area contributed by atoms with E-state index in [1.54, 1.807) is 11.8 Å². The van der Waals surface area contributed by atoms with Gasteiger partial charge in [-0.15, -0.1) is 11.8 Å². The number of rotatable bonds is 8. The van der Waals surface area contributed by atoms with Gasteiger partial charge in [-0.1, -0.05) is 37.3 Å². The van der Waals surface area contributed by atoms with E-state index in [0.29, 0.717) is 5.75 Å². The van der Waals surface area contributed by atoms with Crippen molar-refractivity contribution in [1.29, 1.82) is 0 Å². The maximum Gasteiger partial charge on any atom is 0.234 e. The molecule has 0 aliphatic heterocycles. The van der Waals surface area contributed by atoms with Crippen LogP contribution >= 0.6 is 11.8 Å². The average molecular weight is 369 g/mol. The quantitative estimate of drug-likeness (QED) is 0.560. The summed E-state index contributed by atoms with van der Waals surface area (Å²) in [4.78, 5) is 20.3. The van der Waals surface area contributed by atoms with Gasteiger partial charge in [0.15, 0.2) is 0 Å². The van der Waals surface area contributed by atoms with E-state index < -0.39 is 0 Å². The summed E-state index contributed by atoms with van der Waals surface area (Å²) in [5.41, 5.74) is 3.95. The van der Waals surface area contributed by atoms with Crippen LogP contribution in [0, 0.1) is 0 Å². The molecule has 0 radical (unpaired) electrons. The summed E-state index contributed by atoms with van der Waals surface area (Å²) in [7, 11) is 0. The molecule has 6 heteroatoms. The molecule has 136 valence electrons. The summed E-state index contributed by atoms with van der Waals surface area (Å²) in [6.07, 6.45) is 0. The van der Waals surface area contributed by atoms with Gasteiger partial charge in [0.2, 0.25) is 5.91 Å². The highest BCUT2D eigenvalue weighted by molar-refractivity contribution is 8.00. The molecular weight excluding hydrogens is 344 g/mol. The normalized spacial score (nSPS) is 12.2. The Morgan fingerprint density at radius 1 is 1.19 bits per heavy atom. The molecule has 26 heavy (non-hydrogen) atoms. The molecule has 0 saturated carbocycles. The molecule has 3 N–H and O–H groups in total. The molecule has 0 fully saturated rings. The zero-order valence-corrected chi connectivity index (χ0v) is 15.9. The summed E-state index contributed by atoms with van der Waals surface area (Å²) >= 11 is 1.57. The zero-order valence-electron chi connectivity index (χ0n) is 15.1. The third kappa shape index (κ3) is 4.65. The van der Waals surface area contributed by atoms with Crippen molar-refractivity contribution >= 4 is 34.4 Å². The van der Waals surface area contributed by atoms with Crippen LogP contribution in [0.4, 0.5) is 5.69 Å². The predicted octanol–water partition coefficient (Wildman–Crippen LogP) is 4.11. The van der Waals surface area contributed by atoms with E-state index in [-0.39, 0.29) is 11.2 Å². The highest BCUT2D eigenvalue weighted by Gasteiger charge is 2.14. The van der Waals surface area contributed by atoms with E-state index in [9.17, 15) is 4.79 Å². The summed E-state index contributed by atoms with van der Waals surface area (Å²) in [5, 5.41) is 6.43. The number of hydrogen-bond acceptors (Lipinski definition) is 4. The van der Waals surface area contributed by atoms with Crippen molar-refractivity contribution in [2.75, 3.05) is 17.6 Å². The number of anilines is 1. The van der Waals surface area contributed by atoms with Crippen molar-refractivity contribution in [3.63, 3.8) is 0 Å². The fourth-order valence-electron chi connectivity index (χ4n) is 2.69. The Labute approximate surface area is 158 Å². The Balaban J connectivity index is 1.57. The smallest absolute Gasteiger partial charge is 0.234 e. The van der Waals surface area contributed by atoms with E-state index in [4.69, 9.17) is 0 Å². The minimum absolute atomic E-state index is 0.00177. The van der Waals surface area contributed by atoms with Crippen molar-refractivity contribution in [2.45, 2.75) is 25.6 Å². The van der Waals surface area contributed by atoms with Crippen molar-refractivity contribution < 1.29 is 4.79 Å². The number of amides is 1. The molecule has 5 nitrogen and oxygen atoms in total. The van der Waals surface area contributed by atoms with Gasteiger partial charge >= 0.3 is 0 Å². The van der Waals surface area contributed by atoms with E-state index in [1.165, 1.54) is 0 Å². The largest absolute Gasteiger partial charge is 0.341 e. The number of H-pyrrole nitrogens is 1. The lowest BCUT2D eigenvalue weighted by Gasteiger charge is -2.12. The van der Waals surface area contributed by atoms with Gasteiger partial charge in [-0.3, -0.25) is 4.79 Å². The molecule has 1 unspecified atom stereocenters. The molecule has 0 bridgehead atoms. The average Bonchev–Trinajstić information content (AvgIpc) is 3.10. The Hall–Kier alpha value is -2.31. The second-order valence-electron chi connectivity index (χ2n) is 6.08. The lowest BCUT2D eigenvalue weighted by molar-refractivity contribution is -0.113. The predicted molar refractivity (Wildman–Crippen MR) is 109 cm³/mol. The minimum atomic E-state index is 0.00177.